The Morgan fingerprint density at radius 2 is 0.984 bits per heavy atom. The highest BCUT2D eigenvalue weighted by atomic mass is 32.2. The summed E-state index contributed by atoms with van der Waals surface area (Å²) >= 11 is 1.42. The van der Waals surface area contributed by atoms with Crippen LogP contribution in [0.2, 0.25) is 0 Å². The van der Waals surface area contributed by atoms with Gasteiger partial charge in [-0.1, -0.05) is 41.5 Å². The maximum absolute atomic E-state index is 13.7. The van der Waals surface area contributed by atoms with E-state index in [1.54, 1.807) is 0 Å². The van der Waals surface area contributed by atoms with Crippen molar-refractivity contribution in [3.05, 3.63) is 0 Å². The van der Waals surface area contributed by atoms with Crippen LogP contribution >= 0.6 is 11.8 Å². The molecular weight excluding hydrogens is 829 g/mol. The quantitative estimate of drug-likeness (QED) is 0.0202. The van der Waals surface area contributed by atoms with Crippen molar-refractivity contribution < 1.29 is 48.3 Å². The fraction of sp³-hybridized carbons (Fsp3) is 0.744. The van der Waals surface area contributed by atoms with Crippen molar-refractivity contribution in [3.63, 3.8) is 0 Å². The molecule has 0 fully saturated rings. The minimum Gasteiger partial charge on any atom is -0.480 e. The molecule has 0 aliphatic carbocycles. The lowest BCUT2D eigenvalue weighted by molar-refractivity contribution is -0.142. The number of rotatable bonds is 30. The monoisotopic (exact) mass is 901 g/mol. The third-order valence-corrected chi connectivity index (χ3v) is 9.58. The van der Waals surface area contributed by atoms with Crippen molar-refractivity contribution in [2.24, 2.45) is 39.9 Å². The van der Waals surface area contributed by atoms with Gasteiger partial charge in [0.1, 0.15) is 36.3 Å². The van der Waals surface area contributed by atoms with Crippen LogP contribution in [0.3, 0.4) is 0 Å². The van der Waals surface area contributed by atoms with E-state index in [0.717, 1.165) is 0 Å². The van der Waals surface area contributed by atoms with Crippen LogP contribution in [0.15, 0.2) is 4.99 Å². The van der Waals surface area contributed by atoms with Gasteiger partial charge in [0.15, 0.2) is 5.96 Å². The number of aliphatic imine (C=N–C) groups is 1. The molecule has 7 unspecified atom stereocenters. The Morgan fingerprint density at radius 3 is 1.47 bits per heavy atom. The summed E-state index contributed by atoms with van der Waals surface area (Å²) < 4.78 is 0. The summed E-state index contributed by atoms with van der Waals surface area (Å²) in [4.78, 5) is 119. The molecule has 0 radical (unpaired) electrons. The highest BCUT2D eigenvalue weighted by Gasteiger charge is 2.31. The molecule has 7 atom stereocenters. The van der Waals surface area contributed by atoms with Gasteiger partial charge in [-0.05, 0) is 82.1 Å². The summed E-state index contributed by atoms with van der Waals surface area (Å²) in [5, 5.41) is 29.6. The molecule has 0 spiro atoms. The Bertz CT molecular complexity index is 1540. The van der Waals surface area contributed by atoms with Crippen molar-refractivity contribution in [2.75, 3.05) is 31.6 Å². The molecule has 0 bridgehead atoms. The van der Waals surface area contributed by atoms with E-state index in [-0.39, 0.29) is 62.4 Å². The molecular formula is C39H72N12O10S. The highest BCUT2D eigenvalue weighted by molar-refractivity contribution is 7.98. The second-order valence-corrected chi connectivity index (χ2v) is 17.3. The number of aliphatic carboxylic acids is 1. The van der Waals surface area contributed by atoms with Crippen molar-refractivity contribution in [1.29, 1.82) is 0 Å². The van der Waals surface area contributed by atoms with Crippen LogP contribution in [-0.2, 0) is 43.2 Å². The van der Waals surface area contributed by atoms with Crippen LogP contribution in [0.1, 0.15) is 93.9 Å². The molecule has 15 N–H and O–H groups in total. The third-order valence-electron chi connectivity index (χ3n) is 8.94. The van der Waals surface area contributed by atoms with E-state index in [4.69, 9.17) is 17.2 Å². The van der Waals surface area contributed by atoms with E-state index >= 15 is 0 Å². The molecule has 0 heterocycles. The molecule has 0 saturated carbocycles. The molecule has 354 valence electrons. The number of guanidine groups is 1. The first-order valence-corrected chi connectivity index (χ1v) is 22.2. The Balaban J connectivity index is 5.53. The zero-order valence-corrected chi connectivity index (χ0v) is 38.4. The molecule has 0 aromatic heterocycles. The molecule has 0 aromatic carbocycles. The first-order valence-electron chi connectivity index (χ1n) is 20.8. The summed E-state index contributed by atoms with van der Waals surface area (Å²) in [6.07, 6.45) is 3.21. The fourth-order valence-electron chi connectivity index (χ4n) is 5.69. The maximum Gasteiger partial charge on any atom is 0.326 e. The second kappa shape index (κ2) is 30.0. The summed E-state index contributed by atoms with van der Waals surface area (Å²) in [6.45, 7) is 12.9. The summed E-state index contributed by atoms with van der Waals surface area (Å²) in [7, 11) is 0. The van der Waals surface area contributed by atoms with Gasteiger partial charge in [-0.3, -0.25) is 43.3 Å². The number of hydrogen-bond acceptors (Lipinski definition) is 12. The van der Waals surface area contributed by atoms with Crippen LogP contribution in [-0.4, -0.2) is 138 Å². The zero-order chi connectivity index (χ0) is 47.7. The number of nitrogens with zero attached hydrogens (tertiary/aromatic N) is 1. The van der Waals surface area contributed by atoms with E-state index < -0.39 is 109 Å². The molecule has 23 heteroatoms. The topological polar surface area (TPSA) is 361 Å². The van der Waals surface area contributed by atoms with Gasteiger partial charge in [0.25, 0.3) is 0 Å². The van der Waals surface area contributed by atoms with E-state index in [1.807, 2.05) is 47.8 Å². The highest BCUT2D eigenvalue weighted by Crippen LogP contribution is 2.11. The largest absolute Gasteiger partial charge is 0.480 e. The number of amides is 8. The first kappa shape index (κ1) is 56.8. The van der Waals surface area contributed by atoms with E-state index in [9.17, 15) is 48.3 Å². The molecule has 22 nitrogen and oxygen atoms in total. The molecule has 0 saturated heterocycles. The lowest BCUT2D eigenvalue weighted by Crippen LogP contribution is -2.58. The number of carbonyl (C=O) groups excluding carboxylic acids is 8. The molecule has 0 aliphatic rings. The standard InChI is InChI=1S/C39H72N12O10S/c1-20(2)15-27(48-30(52)18-44-32(54)23(7)46-33(55)24(8)47-34(56)25(40)11-10-13-43-39(41)42)36(58)51-28(16-21(3)4)37(59)50-26(12-14-62-9)35(57)45-19-31(53)49-29(38(60)61)17-22(5)6/h20-29H,10-19,40H2,1-9H3,(H,44,54)(H,45,57)(H,46,55)(H,47,56)(H,48,52)(H,49,53)(H,50,59)(H,51,58)(H,60,61)(H4,41,42,43). The second-order valence-electron chi connectivity index (χ2n) is 16.3. The molecule has 0 aliphatic heterocycles. The molecule has 8 amide bonds. The minimum absolute atomic E-state index is 0.00984. The van der Waals surface area contributed by atoms with Gasteiger partial charge in [-0.25, -0.2) is 4.79 Å². The van der Waals surface area contributed by atoms with Gasteiger partial charge in [-0.2, -0.15) is 11.8 Å². The summed E-state index contributed by atoms with van der Waals surface area (Å²) in [5.74, 6) is -6.49. The summed E-state index contributed by atoms with van der Waals surface area (Å²) in [6, 6.07) is -7.58. The number of carboxylic acid groups (broad SMARTS) is 1. The third kappa shape index (κ3) is 24.9. The van der Waals surface area contributed by atoms with Gasteiger partial charge in [0.05, 0.1) is 19.1 Å². The van der Waals surface area contributed by atoms with Gasteiger partial charge < -0.3 is 64.8 Å². The van der Waals surface area contributed by atoms with Crippen LogP contribution in [0.5, 0.6) is 0 Å². The lowest BCUT2D eigenvalue weighted by atomic mass is 9.99. The van der Waals surface area contributed by atoms with Gasteiger partial charge >= 0.3 is 5.97 Å². The van der Waals surface area contributed by atoms with Crippen molar-refractivity contribution in [1.82, 2.24) is 42.5 Å². The predicted molar refractivity (Wildman–Crippen MR) is 236 cm³/mol. The fourth-order valence-corrected chi connectivity index (χ4v) is 6.16. The average Bonchev–Trinajstić information content (AvgIpc) is 3.17. The van der Waals surface area contributed by atoms with E-state index in [1.165, 1.54) is 25.6 Å². The number of carbonyl (C=O) groups is 9. The molecule has 0 aromatic rings. The van der Waals surface area contributed by atoms with Gasteiger partial charge in [0.2, 0.25) is 47.3 Å². The van der Waals surface area contributed by atoms with Gasteiger partial charge in [-0.15, -0.1) is 0 Å². The van der Waals surface area contributed by atoms with Crippen molar-refractivity contribution in [3.8, 4) is 0 Å². The van der Waals surface area contributed by atoms with E-state index in [2.05, 4.69) is 47.5 Å². The van der Waals surface area contributed by atoms with Crippen molar-refractivity contribution in [2.45, 2.75) is 136 Å². The Hall–Kier alpha value is -5.19. The van der Waals surface area contributed by atoms with E-state index in [0.29, 0.717) is 12.2 Å². The van der Waals surface area contributed by atoms with Crippen LogP contribution in [0, 0.1) is 17.8 Å². The smallest absolute Gasteiger partial charge is 0.326 e. The van der Waals surface area contributed by atoms with Crippen LogP contribution in [0.25, 0.3) is 0 Å². The normalized spacial score (nSPS) is 14.5. The predicted octanol–water partition coefficient (Wildman–Crippen LogP) is -2.48. The Kier molecular flexibility index (Phi) is 27.5. The first-order chi connectivity index (χ1) is 28.9. The number of hydrogen-bond donors (Lipinski definition) is 12. The van der Waals surface area contributed by atoms with Crippen molar-refractivity contribution >= 4 is 70.9 Å². The number of nitrogens with two attached hydrogens (primary N) is 3. The number of thioether (sulfide) groups is 1. The zero-order valence-electron chi connectivity index (χ0n) is 37.6. The van der Waals surface area contributed by atoms with Crippen LogP contribution in [0.4, 0.5) is 0 Å². The average molecular weight is 901 g/mol. The number of nitrogens with one attached hydrogen (secondary N) is 8. The van der Waals surface area contributed by atoms with Gasteiger partial charge in [0, 0.05) is 6.54 Å². The molecule has 0 rings (SSSR count). The number of carboxylic acids is 1. The maximum atomic E-state index is 13.7. The SMILES string of the molecule is CSCCC(NC(=O)C(CC(C)C)NC(=O)C(CC(C)C)NC(=O)CNC(=O)C(C)NC(=O)C(C)NC(=O)C(N)CCCN=C(N)N)C(=O)NCC(=O)NC(CC(C)C)C(=O)O. The Labute approximate surface area is 368 Å². The van der Waals surface area contributed by atoms with Crippen LogP contribution < -0.4 is 59.7 Å². The lowest BCUT2D eigenvalue weighted by Gasteiger charge is -2.27. The minimum atomic E-state index is -1.20. The Morgan fingerprint density at radius 1 is 0.548 bits per heavy atom. The molecule has 62 heavy (non-hydrogen) atoms. The summed E-state index contributed by atoms with van der Waals surface area (Å²) in [5.41, 5.74) is 16.4.